The number of rotatable bonds is 4. The normalized spacial score (nSPS) is 16.2. The summed E-state index contributed by atoms with van der Waals surface area (Å²) in [4.78, 5) is 28.3. The van der Waals surface area contributed by atoms with Gasteiger partial charge in [0, 0.05) is 21.4 Å². The third kappa shape index (κ3) is 4.71. The van der Waals surface area contributed by atoms with Gasteiger partial charge in [0.15, 0.2) is 0 Å². The molecule has 0 fully saturated rings. The molecule has 1 heterocycles. The van der Waals surface area contributed by atoms with Crippen LogP contribution in [0.15, 0.2) is 53.5 Å². The first-order valence-electron chi connectivity index (χ1n) is 7.46. The van der Waals surface area contributed by atoms with Crippen molar-refractivity contribution < 1.29 is 9.59 Å². The van der Waals surface area contributed by atoms with Crippen LogP contribution in [0.4, 0.5) is 11.4 Å². The lowest BCUT2D eigenvalue weighted by atomic mass is 10.2. The molecular formula is C17H14Cl2N4O2. The molecule has 0 unspecified atom stereocenters. The van der Waals surface area contributed by atoms with Gasteiger partial charge in [0.25, 0.3) is 5.91 Å². The lowest BCUT2D eigenvalue weighted by Crippen LogP contribution is -2.33. The highest BCUT2D eigenvalue weighted by Gasteiger charge is 2.28. The Morgan fingerprint density at radius 1 is 1.08 bits per heavy atom. The van der Waals surface area contributed by atoms with Gasteiger partial charge in [0.1, 0.15) is 6.04 Å². The zero-order valence-electron chi connectivity index (χ0n) is 12.9. The van der Waals surface area contributed by atoms with Gasteiger partial charge in [-0.2, -0.15) is 0 Å². The number of amides is 2. The van der Waals surface area contributed by atoms with Crippen LogP contribution in [0.3, 0.4) is 0 Å². The van der Waals surface area contributed by atoms with E-state index in [2.05, 4.69) is 20.9 Å². The van der Waals surface area contributed by atoms with Crippen molar-refractivity contribution in [2.24, 2.45) is 4.99 Å². The maximum atomic E-state index is 12.1. The van der Waals surface area contributed by atoms with Crippen molar-refractivity contribution in [3.63, 3.8) is 0 Å². The average molecular weight is 377 g/mol. The van der Waals surface area contributed by atoms with E-state index in [1.165, 1.54) is 0 Å². The number of carbonyl (C=O) groups is 2. The molecule has 6 nitrogen and oxygen atoms in total. The number of carbonyl (C=O) groups excluding carboxylic acids is 2. The molecule has 1 aliphatic heterocycles. The summed E-state index contributed by atoms with van der Waals surface area (Å²) in [6.45, 7) is 0. The Balaban J connectivity index is 1.63. The maximum absolute atomic E-state index is 12.1. The maximum Gasteiger partial charge on any atom is 0.252 e. The number of halogens is 2. The van der Waals surface area contributed by atoms with Gasteiger partial charge >= 0.3 is 0 Å². The second kappa shape index (κ2) is 7.55. The number of hydrogen-bond acceptors (Lipinski definition) is 4. The van der Waals surface area contributed by atoms with E-state index in [1.807, 2.05) is 18.2 Å². The van der Waals surface area contributed by atoms with E-state index in [1.54, 1.807) is 30.3 Å². The number of guanidine groups is 1. The molecule has 0 saturated carbocycles. The van der Waals surface area contributed by atoms with Gasteiger partial charge in [-0.3, -0.25) is 14.9 Å². The van der Waals surface area contributed by atoms with E-state index in [0.29, 0.717) is 21.4 Å². The van der Waals surface area contributed by atoms with Gasteiger partial charge in [0.2, 0.25) is 11.9 Å². The van der Waals surface area contributed by atoms with Crippen molar-refractivity contribution in [3.05, 3.63) is 58.6 Å². The predicted molar refractivity (Wildman–Crippen MR) is 99.1 cm³/mol. The molecule has 2 amide bonds. The first-order chi connectivity index (χ1) is 12.0. The minimum Gasteiger partial charge on any atom is -0.326 e. The lowest BCUT2D eigenvalue weighted by molar-refractivity contribution is -0.123. The molecule has 1 aliphatic rings. The van der Waals surface area contributed by atoms with Crippen molar-refractivity contribution in [3.8, 4) is 0 Å². The van der Waals surface area contributed by atoms with Crippen LogP contribution in [-0.4, -0.2) is 23.8 Å². The first-order valence-corrected chi connectivity index (χ1v) is 8.22. The molecule has 0 aliphatic carbocycles. The standard InChI is InChI=1S/C17H14Cl2N4O2/c18-10-6-11(19)8-13(7-10)21-17-22-14(16(25)23-17)9-15(24)20-12-4-2-1-3-5-12/h1-8,14H,9H2,(H,20,24)(H2,21,22,23,25)/t14-/m1/s1. The SMILES string of the molecule is O=C(C[C@H]1N=C(Nc2cc(Cl)cc(Cl)c2)NC1=O)Nc1ccccc1. The van der Waals surface area contributed by atoms with Crippen LogP contribution in [0.1, 0.15) is 6.42 Å². The molecule has 0 spiro atoms. The van der Waals surface area contributed by atoms with E-state index in [4.69, 9.17) is 23.2 Å². The monoisotopic (exact) mass is 376 g/mol. The molecule has 3 N–H and O–H groups in total. The average Bonchev–Trinajstić information content (AvgIpc) is 2.86. The van der Waals surface area contributed by atoms with Gasteiger partial charge in [-0.15, -0.1) is 0 Å². The van der Waals surface area contributed by atoms with Crippen molar-refractivity contribution in [1.82, 2.24) is 5.32 Å². The fraction of sp³-hybridized carbons (Fsp3) is 0.118. The quantitative estimate of drug-likeness (QED) is 0.765. The molecule has 0 radical (unpaired) electrons. The minimum absolute atomic E-state index is 0.0534. The molecular weight excluding hydrogens is 363 g/mol. The number of para-hydroxylation sites is 1. The molecule has 25 heavy (non-hydrogen) atoms. The van der Waals surface area contributed by atoms with E-state index in [0.717, 1.165) is 0 Å². The minimum atomic E-state index is -0.791. The Bertz CT molecular complexity index is 820. The lowest BCUT2D eigenvalue weighted by Gasteiger charge is -2.06. The van der Waals surface area contributed by atoms with Crippen LogP contribution in [0.2, 0.25) is 10.0 Å². The fourth-order valence-corrected chi connectivity index (χ4v) is 2.85. The topological polar surface area (TPSA) is 82.6 Å². The smallest absolute Gasteiger partial charge is 0.252 e. The van der Waals surface area contributed by atoms with Crippen LogP contribution in [0.5, 0.6) is 0 Å². The second-order valence-corrected chi connectivity index (χ2v) is 6.26. The molecule has 128 valence electrons. The molecule has 8 heteroatoms. The number of benzene rings is 2. The van der Waals surface area contributed by atoms with Crippen LogP contribution in [0, 0.1) is 0 Å². The summed E-state index contributed by atoms with van der Waals surface area (Å²) in [7, 11) is 0. The molecule has 2 aromatic carbocycles. The van der Waals surface area contributed by atoms with Gasteiger partial charge in [0.05, 0.1) is 6.42 Å². The molecule has 0 bridgehead atoms. The summed E-state index contributed by atoms with van der Waals surface area (Å²) in [5, 5.41) is 9.16. The Labute approximate surface area is 154 Å². The van der Waals surface area contributed by atoms with E-state index in [-0.39, 0.29) is 24.2 Å². The number of hydrogen-bond donors (Lipinski definition) is 3. The second-order valence-electron chi connectivity index (χ2n) is 5.38. The van der Waals surface area contributed by atoms with Gasteiger partial charge < -0.3 is 10.6 Å². The van der Waals surface area contributed by atoms with Crippen LogP contribution >= 0.6 is 23.2 Å². The molecule has 3 rings (SSSR count). The first kappa shape index (κ1) is 17.3. The van der Waals surface area contributed by atoms with E-state index < -0.39 is 6.04 Å². The molecule has 2 aromatic rings. The molecule has 0 aromatic heterocycles. The van der Waals surface area contributed by atoms with Crippen molar-refractivity contribution in [2.75, 3.05) is 10.6 Å². The summed E-state index contributed by atoms with van der Waals surface area (Å²) in [6.07, 6.45) is -0.0534. The van der Waals surface area contributed by atoms with Crippen LogP contribution in [0.25, 0.3) is 0 Å². The number of aliphatic imine (C=N–C) groups is 1. The van der Waals surface area contributed by atoms with Gasteiger partial charge in [-0.25, -0.2) is 4.99 Å². The summed E-state index contributed by atoms with van der Waals surface area (Å²) in [5.74, 6) is -0.387. The number of nitrogens with one attached hydrogen (secondary N) is 3. The highest BCUT2D eigenvalue weighted by Crippen LogP contribution is 2.22. The molecule has 1 atom stereocenters. The Morgan fingerprint density at radius 3 is 2.44 bits per heavy atom. The third-order valence-electron chi connectivity index (χ3n) is 3.39. The zero-order valence-corrected chi connectivity index (χ0v) is 14.4. The largest absolute Gasteiger partial charge is 0.326 e. The van der Waals surface area contributed by atoms with Crippen LogP contribution < -0.4 is 16.0 Å². The Kier molecular flexibility index (Phi) is 5.21. The van der Waals surface area contributed by atoms with Crippen molar-refractivity contribution in [2.45, 2.75) is 12.5 Å². The zero-order chi connectivity index (χ0) is 17.8. The van der Waals surface area contributed by atoms with Crippen molar-refractivity contribution >= 4 is 52.4 Å². The number of anilines is 2. The Morgan fingerprint density at radius 2 is 1.76 bits per heavy atom. The third-order valence-corrected chi connectivity index (χ3v) is 3.83. The fourth-order valence-electron chi connectivity index (χ4n) is 2.32. The summed E-state index contributed by atoms with van der Waals surface area (Å²) < 4.78 is 0. The predicted octanol–water partition coefficient (Wildman–Crippen LogP) is 3.29. The summed E-state index contributed by atoms with van der Waals surface area (Å²) in [6, 6.07) is 13.1. The Hall–Kier alpha value is -2.57. The van der Waals surface area contributed by atoms with E-state index in [9.17, 15) is 9.59 Å². The highest BCUT2D eigenvalue weighted by atomic mass is 35.5. The summed E-state index contributed by atoms with van der Waals surface area (Å²) >= 11 is 11.9. The highest BCUT2D eigenvalue weighted by molar-refractivity contribution is 6.35. The number of nitrogens with zero attached hydrogens (tertiary/aromatic N) is 1. The van der Waals surface area contributed by atoms with Crippen molar-refractivity contribution in [1.29, 1.82) is 0 Å². The van der Waals surface area contributed by atoms with E-state index >= 15 is 0 Å². The molecule has 0 saturated heterocycles. The van der Waals surface area contributed by atoms with Gasteiger partial charge in [-0.1, -0.05) is 41.4 Å². The van der Waals surface area contributed by atoms with Crippen LogP contribution in [-0.2, 0) is 9.59 Å². The summed E-state index contributed by atoms with van der Waals surface area (Å²) in [5.41, 5.74) is 1.26. The van der Waals surface area contributed by atoms with Gasteiger partial charge in [-0.05, 0) is 30.3 Å².